The summed E-state index contributed by atoms with van der Waals surface area (Å²) in [6.45, 7) is 1.90. The molecular formula is C16H22N4O2S. The molecule has 1 aromatic heterocycles. The molecule has 23 heavy (non-hydrogen) atoms. The van der Waals surface area contributed by atoms with Crippen molar-refractivity contribution in [1.82, 2.24) is 19.4 Å². The maximum Gasteiger partial charge on any atom is 0.211 e. The van der Waals surface area contributed by atoms with Crippen molar-refractivity contribution in [3.8, 4) is 5.69 Å². The Hall–Kier alpha value is -1.70. The number of piperidine rings is 1. The SMILES string of the molecule is CS(=O)(=O)N1CCC[C@@H](NCc2cccc(-n3cccn3)c2)C1. The molecule has 7 heteroatoms. The van der Waals surface area contributed by atoms with Gasteiger partial charge in [0.25, 0.3) is 0 Å². The average molecular weight is 334 g/mol. The summed E-state index contributed by atoms with van der Waals surface area (Å²) in [6.07, 6.45) is 6.86. The van der Waals surface area contributed by atoms with Gasteiger partial charge in [0.05, 0.1) is 11.9 Å². The first kappa shape index (κ1) is 16.2. The molecule has 1 fully saturated rings. The standard InChI is InChI=1S/C16H22N4O2S/c1-23(21,22)19-9-3-6-15(13-19)17-12-14-5-2-7-16(11-14)20-10-4-8-18-20/h2,4-5,7-8,10-11,15,17H,3,6,9,12-13H2,1H3/t15-/m1/s1. The molecule has 0 radical (unpaired) electrons. The van der Waals surface area contributed by atoms with E-state index in [4.69, 9.17) is 0 Å². The summed E-state index contributed by atoms with van der Waals surface area (Å²) >= 11 is 0. The molecule has 0 aliphatic carbocycles. The Morgan fingerprint density at radius 1 is 1.35 bits per heavy atom. The van der Waals surface area contributed by atoms with Crippen LogP contribution in [0.4, 0.5) is 0 Å². The van der Waals surface area contributed by atoms with Gasteiger partial charge in [-0.3, -0.25) is 0 Å². The van der Waals surface area contributed by atoms with Crippen LogP contribution in [0.2, 0.25) is 0 Å². The predicted molar refractivity (Wildman–Crippen MR) is 89.8 cm³/mol. The fraction of sp³-hybridized carbons (Fsp3) is 0.438. The Labute approximate surface area is 137 Å². The van der Waals surface area contributed by atoms with E-state index in [-0.39, 0.29) is 6.04 Å². The molecule has 0 amide bonds. The van der Waals surface area contributed by atoms with Crippen molar-refractivity contribution in [3.05, 3.63) is 48.3 Å². The Bertz CT molecular complexity index is 743. The lowest BCUT2D eigenvalue weighted by Crippen LogP contribution is -2.47. The van der Waals surface area contributed by atoms with Crippen LogP contribution in [0.5, 0.6) is 0 Å². The average Bonchev–Trinajstić information content (AvgIpc) is 3.07. The Kier molecular flexibility index (Phi) is 4.79. The lowest BCUT2D eigenvalue weighted by Gasteiger charge is -2.31. The predicted octanol–water partition coefficient (Wildman–Crippen LogP) is 1.39. The van der Waals surface area contributed by atoms with Crippen molar-refractivity contribution < 1.29 is 8.42 Å². The summed E-state index contributed by atoms with van der Waals surface area (Å²) in [5, 5.41) is 7.71. The second-order valence-electron chi connectivity index (χ2n) is 5.96. The highest BCUT2D eigenvalue weighted by molar-refractivity contribution is 7.88. The molecule has 1 N–H and O–H groups in total. The highest BCUT2D eigenvalue weighted by Crippen LogP contribution is 2.14. The minimum atomic E-state index is -3.10. The van der Waals surface area contributed by atoms with Gasteiger partial charge >= 0.3 is 0 Å². The van der Waals surface area contributed by atoms with Crippen molar-refractivity contribution in [2.45, 2.75) is 25.4 Å². The van der Waals surface area contributed by atoms with Gasteiger partial charge in [-0.1, -0.05) is 12.1 Å². The number of nitrogens with one attached hydrogen (secondary N) is 1. The quantitative estimate of drug-likeness (QED) is 0.897. The van der Waals surface area contributed by atoms with E-state index in [0.29, 0.717) is 13.1 Å². The number of hydrogen-bond acceptors (Lipinski definition) is 4. The van der Waals surface area contributed by atoms with Gasteiger partial charge < -0.3 is 5.32 Å². The van der Waals surface area contributed by atoms with Crippen molar-refractivity contribution in [2.24, 2.45) is 0 Å². The van der Waals surface area contributed by atoms with E-state index in [1.807, 2.05) is 29.1 Å². The molecule has 1 aliphatic heterocycles. The number of nitrogens with zero attached hydrogens (tertiary/aromatic N) is 3. The molecular weight excluding hydrogens is 312 g/mol. The van der Waals surface area contributed by atoms with Crippen molar-refractivity contribution in [1.29, 1.82) is 0 Å². The smallest absolute Gasteiger partial charge is 0.211 e. The summed E-state index contributed by atoms with van der Waals surface area (Å²) in [5.41, 5.74) is 2.19. The normalized spacial score (nSPS) is 19.8. The van der Waals surface area contributed by atoms with E-state index in [2.05, 4.69) is 22.5 Å². The van der Waals surface area contributed by atoms with Crippen LogP contribution in [-0.2, 0) is 16.6 Å². The van der Waals surface area contributed by atoms with Crippen LogP contribution in [0.1, 0.15) is 18.4 Å². The fourth-order valence-electron chi connectivity index (χ4n) is 2.90. The molecule has 2 heterocycles. The van der Waals surface area contributed by atoms with Crippen LogP contribution in [0.3, 0.4) is 0 Å². The van der Waals surface area contributed by atoms with Crippen LogP contribution < -0.4 is 5.32 Å². The summed E-state index contributed by atoms with van der Waals surface area (Å²) in [6, 6.07) is 10.3. The molecule has 0 spiro atoms. The Morgan fingerprint density at radius 2 is 2.22 bits per heavy atom. The topological polar surface area (TPSA) is 67.2 Å². The van der Waals surface area contributed by atoms with Crippen LogP contribution in [0.25, 0.3) is 5.69 Å². The zero-order valence-corrected chi connectivity index (χ0v) is 14.0. The molecule has 1 atom stereocenters. The molecule has 1 saturated heterocycles. The first-order chi connectivity index (χ1) is 11.0. The van der Waals surface area contributed by atoms with Gasteiger partial charge in [-0.2, -0.15) is 5.10 Å². The monoisotopic (exact) mass is 334 g/mol. The highest BCUT2D eigenvalue weighted by atomic mass is 32.2. The first-order valence-electron chi connectivity index (χ1n) is 7.80. The second kappa shape index (κ2) is 6.82. The van der Waals surface area contributed by atoms with Crippen molar-refractivity contribution in [3.63, 3.8) is 0 Å². The van der Waals surface area contributed by atoms with Gasteiger partial charge in [0.2, 0.25) is 10.0 Å². The molecule has 124 valence electrons. The number of aromatic nitrogens is 2. The summed E-state index contributed by atoms with van der Waals surface area (Å²) in [4.78, 5) is 0. The summed E-state index contributed by atoms with van der Waals surface area (Å²) in [7, 11) is -3.10. The third kappa shape index (κ3) is 4.19. The number of benzene rings is 1. The number of rotatable bonds is 5. The molecule has 2 aromatic rings. The van der Waals surface area contributed by atoms with Crippen LogP contribution >= 0.6 is 0 Å². The van der Waals surface area contributed by atoms with Crippen LogP contribution in [0.15, 0.2) is 42.7 Å². The van der Waals surface area contributed by atoms with E-state index in [1.165, 1.54) is 6.26 Å². The largest absolute Gasteiger partial charge is 0.309 e. The van der Waals surface area contributed by atoms with Gasteiger partial charge in [-0.25, -0.2) is 17.4 Å². The number of sulfonamides is 1. The zero-order valence-electron chi connectivity index (χ0n) is 13.2. The first-order valence-corrected chi connectivity index (χ1v) is 9.65. The molecule has 1 aliphatic rings. The second-order valence-corrected chi connectivity index (χ2v) is 7.94. The van der Waals surface area contributed by atoms with Gasteiger partial charge in [-0.15, -0.1) is 0 Å². The zero-order chi connectivity index (χ0) is 16.3. The molecule has 0 bridgehead atoms. The molecule has 1 aromatic carbocycles. The van der Waals surface area contributed by atoms with E-state index in [0.717, 1.165) is 30.6 Å². The third-order valence-electron chi connectivity index (χ3n) is 4.13. The highest BCUT2D eigenvalue weighted by Gasteiger charge is 2.25. The minimum Gasteiger partial charge on any atom is -0.309 e. The maximum absolute atomic E-state index is 11.7. The van der Waals surface area contributed by atoms with Crippen LogP contribution in [0, 0.1) is 0 Å². The Balaban J connectivity index is 1.61. The fourth-order valence-corrected chi connectivity index (χ4v) is 3.81. The van der Waals surface area contributed by atoms with E-state index < -0.39 is 10.0 Å². The molecule has 6 nitrogen and oxygen atoms in total. The summed E-state index contributed by atoms with van der Waals surface area (Å²) < 4.78 is 26.7. The van der Waals surface area contributed by atoms with E-state index >= 15 is 0 Å². The lowest BCUT2D eigenvalue weighted by molar-refractivity contribution is 0.284. The van der Waals surface area contributed by atoms with Gasteiger partial charge in [0.1, 0.15) is 0 Å². The van der Waals surface area contributed by atoms with Gasteiger partial charge in [0.15, 0.2) is 0 Å². The summed E-state index contributed by atoms with van der Waals surface area (Å²) in [5.74, 6) is 0. The van der Waals surface area contributed by atoms with E-state index in [9.17, 15) is 8.42 Å². The molecule has 3 rings (SSSR count). The van der Waals surface area contributed by atoms with Crippen molar-refractivity contribution >= 4 is 10.0 Å². The maximum atomic E-state index is 11.7. The van der Waals surface area contributed by atoms with Crippen molar-refractivity contribution in [2.75, 3.05) is 19.3 Å². The van der Waals surface area contributed by atoms with Gasteiger partial charge in [-0.05, 0) is 36.6 Å². The third-order valence-corrected chi connectivity index (χ3v) is 5.40. The molecule has 0 saturated carbocycles. The Morgan fingerprint density at radius 3 is 2.96 bits per heavy atom. The molecule has 0 unspecified atom stereocenters. The van der Waals surface area contributed by atoms with Crippen LogP contribution in [-0.4, -0.2) is 47.9 Å². The van der Waals surface area contributed by atoms with E-state index in [1.54, 1.807) is 10.5 Å². The number of hydrogen-bond donors (Lipinski definition) is 1. The minimum absolute atomic E-state index is 0.201. The lowest BCUT2D eigenvalue weighted by atomic mass is 10.1. The van der Waals surface area contributed by atoms with Gasteiger partial charge in [0, 0.05) is 38.1 Å².